The van der Waals surface area contributed by atoms with Crippen LogP contribution in [-0.4, -0.2) is 30.5 Å². The van der Waals surface area contributed by atoms with Crippen LogP contribution in [0.25, 0.3) is 0 Å². The van der Waals surface area contributed by atoms with Gasteiger partial charge < -0.3 is 9.47 Å². The van der Waals surface area contributed by atoms with Crippen LogP contribution < -0.4 is 0 Å². The summed E-state index contributed by atoms with van der Waals surface area (Å²) in [5.41, 5.74) is 0.400. The number of ether oxygens (including phenoxy) is 2. The fraction of sp³-hybridized carbons (Fsp3) is 1.00. The number of alkyl halides is 3. The topological polar surface area (TPSA) is 36.9 Å². The Hall–Kier alpha value is -0.370. The molecule has 0 radical (unpaired) electrons. The van der Waals surface area contributed by atoms with E-state index in [9.17, 15) is 13.2 Å². The van der Waals surface area contributed by atoms with E-state index >= 15 is 0 Å². The summed E-state index contributed by atoms with van der Waals surface area (Å²) in [5.74, 6) is -2.07. The Bertz CT molecular complexity index is 1090. The first-order valence-corrected chi connectivity index (χ1v) is 16.0. The van der Waals surface area contributed by atoms with Crippen molar-refractivity contribution in [2.45, 2.75) is 143 Å². The molecule has 7 rings (SSSR count). The van der Waals surface area contributed by atoms with E-state index in [4.69, 9.17) is 19.2 Å². The zero-order valence-corrected chi connectivity index (χ0v) is 25.9. The van der Waals surface area contributed by atoms with Gasteiger partial charge in [0.05, 0.1) is 12.7 Å². The van der Waals surface area contributed by atoms with Crippen LogP contribution in [0.1, 0.15) is 120 Å². The van der Waals surface area contributed by atoms with Crippen molar-refractivity contribution in [1.82, 2.24) is 0 Å². The summed E-state index contributed by atoms with van der Waals surface area (Å²) >= 11 is 0. The van der Waals surface area contributed by atoms with Gasteiger partial charge >= 0.3 is 6.18 Å². The summed E-state index contributed by atoms with van der Waals surface area (Å²) in [6.07, 6.45) is 6.16. The molecule has 0 amide bonds. The highest BCUT2D eigenvalue weighted by atomic mass is 19.4. The molecule has 7 fully saturated rings. The SMILES string of the molecule is CC1(C)CC[C@]23CC[C@]4(C)[C@H](CC[C@@H]5[C@@]6(C)C[C@@]7(CC(C)(C)[C@@H]6CC[C@]54C)OO[C@](C)(C(F)(F)F)O7)[C@H]2[C@H]1OC3. The summed E-state index contributed by atoms with van der Waals surface area (Å²) in [6, 6.07) is 0. The second-order valence-corrected chi connectivity index (χ2v) is 17.7. The molecular weight excluding hydrogens is 517 g/mol. The molecule has 2 aliphatic heterocycles. The standard InChI is InChI=1S/C33H51F3O4/c1-25(2)13-15-31-16-14-28(6)20(23(31)24(25)37-19-31)9-10-22-27(5)18-32(38-30(8,39-40-32)33(34,35)36)17-26(3,4)21(27)11-12-29(22,28)7/h20-24H,9-19H2,1-8H3/t20-,21+,22-,23+,24-,27+,28-,29-,30-,31-,32-/m1/s1. The number of halogens is 3. The normalized spacial score (nSPS) is 58.1. The summed E-state index contributed by atoms with van der Waals surface area (Å²) in [5, 5.41) is 0. The number of rotatable bonds is 0. The lowest BCUT2D eigenvalue weighted by Crippen LogP contribution is -2.68. The summed E-state index contributed by atoms with van der Waals surface area (Å²) in [4.78, 5) is 10.7. The minimum atomic E-state index is -4.67. The minimum Gasteiger partial charge on any atom is -0.377 e. The van der Waals surface area contributed by atoms with Crippen LogP contribution in [0.5, 0.6) is 0 Å². The van der Waals surface area contributed by atoms with Gasteiger partial charge in [0, 0.05) is 19.8 Å². The van der Waals surface area contributed by atoms with Crippen LogP contribution in [0, 0.1) is 56.2 Å². The van der Waals surface area contributed by atoms with E-state index in [1.165, 1.54) is 38.5 Å². The maximum absolute atomic E-state index is 14.0. The van der Waals surface area contributed by atoms with Crippen LogP contribution in [-0.2, 0) is 19.2 Å². The maximum Gasteiger partial charge on any atom is 0.446 e. The number of hydrogen-bond acceptors (Lipinski definition) is 4. The van der Waals surface area contributed by atoms with Crippen LogP contribution in [0.4, 0.5) is 13.2 Å². The molecule has 7 aliphatic rings. The maximum atomic E-state index is 14.0. The van der Waals surface area contributed by atoms with Crippen molar-refractivity contribution in [3.63, 3.8) is 0 Å². The Morgan fingerprint density at radius 3 is 2.05 bits per heavy atom. The molecule has 5 saturated carbocycles. The molecule has 0 unspecified atom stereocenters. The monoisotopic (exact) mass is 568 g/mol. The second kappa shape index (κ2) is 7.82. The van der Waals surface area contributed by atoms with Gasteiger partial charge in [0.15, 0.2) is 0 Å². The molecule has 40 heavy (non-hydrogen) atoms. The Balaban J connectivity index is 1.26. The molecule has 0 N–H and O–H groups in total. The molecule has 7 heteroatoms. The van der Waals surface area contributed by atoms with Crippen LogP contribution in [0.3, 0.4) is 0 Å². The van der Waals surface area contributed by atoms with Crippen molar-refractivity contribution < 1.29 is 32.4 Å². The van der Waals surface area contributed by atoms with Gasteiger partial charge in [-0.05, 0) is 108 Å². The molecular formula is C33H51F3O4. The smallest absolute Gasteiger partial charge is 0.377 e. The molecule has 2 saturated heterocycles. The molecule has 2 heterocycles. The molecule has 228 valence electrons. The molecule has 2 bridgehead atoms. The molecule has 1 spiro atoms. The Morgan fingerprint density at radius 1 is 0.675 bits per heavy atom. The molecule has 0 aromatic carbocycles. The lowest BCUT2D eigenvalue weighted by molar-refractivity contribution is -0.410. The third-order valence-corrected chi connectivity index (χ3v) is 15.0. The highest BCUT2D eigenvalue weighted by Gasteiger charge is 2.75. The first-order chi connectivity index (χ1) is 18.3. The van der Waals surface area contributed by atoms with Gasteiger partial charge in [-0.3, -0.25) is 0 Å². The highest BCUT2D eigenvalue weighted by Crippen LogP contribution is 2.79. The second-order valence-electron chi connectivity index (χ2n) is 17.7. The first kappa shape index (κ1) is 28.4. The van der Waals surface area contributed by atoms with Crippen molar-refractivity contribution in [3.8, 4) is 0 Å². The van der Waals surface area contributed by atoms with Crippen molar-refractivity contribution in [2.75, 3.05) is 6.61 Å². The summed E-state index contributed by atoms with van der Waals surface area (Å²) in [7, 11) is 0. The summed E-state index contributed by atoms with van der Waals surface area (Å²) in [6.45, 7) is 18.7. The van der Waals surface area contributed by atoms with Crippen molar-refractivity contribution in [3.05, 3.63) is 0 Å². The minimum absolute atomic E-state index is 0.102. The fourth-order valence-electron chi connectivity index (χ4n) is 13.1. The predicted molar refractivity (Wildman–Crippen MR) is 145 cm³/mol. The van der Waals surface area contributed by atoms with E-state index in [0.717, 1.165) is 26.4 Å². The van der Waals surface area contributed by atoms with Crippen LogP contribution in [0.15, 0.2) is 0 Å². The molecule has 0 aromatic rings. The molecule has 5 aliphatic carbocycles. The largest absolute Gasteiger partial charge is 0.446 e. The molecule has 0 aromatic heterocycles. The third-order valence-electron chi connectivity index (χ3n) is 15.0. The number of fused-ring (bicyclic) bond motifs is 5. The van der Waals surface area contributed by atoms with Gasteiger partial charge in [-0.15, -0.1) is 0 Å². The fourth-order valence-corrected chi connectivity index (χ4v) is 13.1. The van der Waals surface area contributed by atoms with Crippen molar-refractivity contribution >= 4 is 0 Å². The third kappa shape index (κ3) is 3.30. The molecule has 4 nitrogen and oxygen atoms in total. The first-order valence-electron chi connectivity index (χ1n) is 16.0. The van der Waals surface area contributed by atoms with Gasteiger partial charge in [-0.1, -0.05) is 48.5 Å². The Morgan fingerprint density at radius 2 is 1.38 bits per heavy atom. The van der Waals surface area contributed by atoms with Crippen LogP contribution in [0.2, 0.25) is 0 Å². The van der Waals surface area contributed by atoms with Crippen LogP contribution >= 0.6 is 0 Å². The van der Waals surface area contributed by atoms with Gasteiger partial charge in [0.2, 0.25) is 5.79 Å². The number of hydrogen-bond donors (Lipinski definition) is 0. The van der Waals surface area contributed by atoms with Crippen molar-refractivity contribution in [2.24, 2.45) is 56.2 Å². The predicted octanol–water partition coefficient (Wildman–Crippen LogP) is 8.83. The lowest BCUT2D eigenvalue weighted by atomic mass is 9.31. The quantitative estimate of drug-likeness (QED) is 0.274. The highest BCUT2D eigenvalue weighted by molar-refractivity contribution is 5.21. The Labute approximate surface area is 238 Å². The molecule has 11 atom stereocenters. The van der Waals surface area contributed by atoms with E-state index < -0.39 is 17.8 Å². The van der Waals surface area contributed by atoms with Crippen molar-refractivity contribution in [1.29, 1.82) is 0 Å². The van der Waals surface area contributed by atoms with Gasteiger partial charge in [0.1, 0.15) is 0 Å². The lowest BCUT2D eigenvalue weighted by Gasteiger charge is -2.73. The van der Waals surface area contributed by atoms with E-state index in [1.54, 1.807) is 0 Å². The van der Waals surface area contributed by atoms with Gasteiger partial charge in [-0.2, -0.15) is 22.9 Å². The summed E-state index contributed by atoms with van der Waals surface area (Å²) < 4.78 is 54.5. The van der Waals surface area contributed by atoms with E-state index in [0.29, 0.717) is 48.0 Å². The van der Waals surface area contributed by atoms with E-state index in [-0.39, 0.29) is 27.1 Å². The van der Waals surface area contributed by atoms with Gasteiger partial charge in [0.25, 0.3) is 5.79 Å². The van der Waals surface area contributed by atoms with E-state index in [2.05, 4.69) is 48.5 Å². The average Bonchev–Trinajstić information content (AvgIpc) is 3.32. The van der Waals surface area contributed by atoms with E-state index in [1.807, 2.05) is 0 Å². The van der Waals surface area contributed by atoms with Gasteiger partial charge in [-0.25, -0.2) is 0 Å². The zero-order chi connectivity index (χ0) is 29.0. The Kier molecular flexibility index (Phi) is 5.55. The zero-order valence-electron chi connectivity index (χ0n) is 25.9. The average molecular weight is 569 g/mol.